The lowest BCUT2D eigenvalue weighted by Gasteiger charge is -2.18. The lowest BCUT2D eigenvalue weighted by Crippen LogP contribution is -2.27. The van der Waals surface area contributed by atoms with Gasteiger partial charge in [-0.15, -0.1) is 0 Å². The van der Waals surface area contributed by atoms with Gasteiger partial charge in [0, 0.05) is 23.2 Å². The van der Waals surface area contributed by atoms with Crippen LogP contribution in [0.25, 0.3) is 0 Å². The van der Waals surface area contributed by atoms with Crippen molar-refractivity contribution in [1.29, 1.82) is 0 Å². The fourth-order valence-electron chi connectivity index (χ4n) is 2.49. The molecule has 106 valence electrons. The number of aryl methyl sites for hydroxylation is 1. The SMILES string of the molecule is Cc1ccc2c(c1)C(c1ccccc1Cl)=NCC(=O)N2C. The molecule has 0 saturated carbocycles. The van der Waals surface area contributed by atoms with Gasteiger partial charge in [0.2, 0.25) is 5.91 Å². The molecule has 0 atom stereocenters. The first-order valence-corrected chi connectivity index (χ1v) is 7.12. The largest absolute Gasteiger partial charge is 0.313 e. The highest BCUT2D eigenvalue weighted by Gasteiger charge is 2.23. The Balaban J connectivity index is 2.26. The van der Waals surface area contributed by atoms with Crippen molar-refractivity contribution >= 4 is 28.9 Å². The first-order chi connectivity index (χ1) is 10.1. The van der Waals surface area contributed by atoms with Crippen LogP contribution in [-0.2, 0) is 4.79 Å². The van der Waals surface area contributed by atoms with E-state index >= 15 is 0 Å². The smallest absolute Gasteiger partial charge is 0.248 e. The van der Waals surface area contributed by atoms with Crippen molar-refractivity contribution in [3.63, 3.8) is 0 Å². The molecule has 0 aromatic heterocycles. The topological polar surface area (TPSA) is 32.7 Å². The number of hydrogen-bond acceptors (Lipinski definition) is 2. The summed E-state index contributed by atoms with van der Waals surface area (Å²) in [5.74, 6) is -0.0258. The second-order valence-corrected chi connectivity index (χ2v) is 5.53. The Morgan fingerprint density at radius 1 is 1.14 bits per heavy atom. The molecule has 0 bridgehead atoms. The molecule has 1 heterocycles. The zero-order chi connectivity index (χ0) is 15.0. The van der Waals surface area contributed by atoms with Crippen LogP contribution < -0.4 is 4.90 Å². The van der Waals surface area contributed by atoms with Gasteiger partial charge < -0.3 is 4.90 Å². The van der Waals surface area contributed by atoms with Crippen molar-refractivity contribution < 1.29 is 4.79 Å². The van der Waals surface area contributed by atoms with Gasteiger partial charge in [-0.2, -0.15) is 0 Å². The van der Waals surface area contributed by atoms with Crippen LogP contribution in [-0.4, -0.2) is 25.2 Å². The van der Waals surface area contributed by atoms with Crippen LogP contribution in [0.3, 0.4) is 0 Å². The fourth-order valence-corrected chi connectivity index (χ4v) is 2.71. The van der Waals surface area contributed by atoms with Crippen molar-refractivity contribution in [2.24, 2.45) is 4.99 Å². The maximum Gasteiger partial charge on any atom is 0.248 e. The van der Waals surface area contributed by atoms with E-state index in [9.17, 15) is 4.79 Å². The third kappa shape index (κ3) is 2.45. The van der Waals surface area contributed by atoms with Gasteiger partial charge in [0.15, 0.2) is 0 Å². The highest BCUT2D eigenvalue weighted by Crippen LogP contribution is 2.29. The molecule has 0 saturated heterocycles. The molecule has 21 heavy (non-hydrogen) atoms. The standard InChI is InChI=1S/C17H15ClN2O/c1-11-7-8-15-13(9-11)17(19-10-16(21)20(15)2)12-5-3-4-6-14(12)18/h3-9H,10H2,1-2H3. The summed E-state index contributed by atoms with van der Waals surface area (Å²) in [6, 6.07) is 13.6. The Kier molecular flexibility index (Phi) is 3.52. The van der Waals surface area contributed by atoms with Crippen molar-refractivity contribution in [1.82, 2.24) is 0 Å². The number of likely N-dealkylation sites (N-methyl/N-ethyl adjacent to an activating group) is 1. The number of nitrogens with zero attached hydrogens (tertiary/aromatic N) is 2. The molecular weight excluding hydrogens is 284 g/mol. The Morgan fingerprint density at radius 3 is 2.67 bits per heavy atom. The first-order valence-electron chi connectivity index (χ1n) is 6.75. The summed E-state index contributed by atoms with van der Waals surface area (Å²) in [6.45, 7) is 2.15. The quantitative estimate of drug-likeness (QED) is 0.793. The molecule has 1 amide bonds. The van der Waals surface area contributed by atoms with E-state index in [1.165, 1.54) is 0 Å². The average Bonchev–Trinajstić information content (AvgIpc) is 2.59. The third-order valence-electron chi connectivity index (χ3n) is 3.64. The van der Waals surface area contributed by atoms with E-state index in [4.69, 9.17) is 11.6 Å². The predicted molar refractivity (Wildman–Crippen MR) is 86.5 cm³/mol. The first kappa shape index (κ1) is 13.8. The molecule has 0 N–H and O–H groups in total. The molecule has 3 rings (SSSR count). The minimum atomic E-state index is -0.0258. The number of benzene rings is 2. The minimum Gasteiger partial charge on any atom is -0.313 e. The van der Waals surface area contributed by atoms with Gasteiger partial charge in [0.1, 0.15) is 6.54 Å². The van der Waals surface area contributed by atoms with E-state index in [-0.39, 0.29) is 12.5 Å². The van der Waals surface area contributed by atoms with Crippen LogP contribution in [0.1, 0.15) is 16.7 Å². The van der Waals surface area contributed by atoms with Crippen LogP contribution in [0.15, 0.2) is 47.5 Å². The summed E-state index contributed by atoms with van der Waals surface area (Å²) >= 11 is 6.31. The monoisotopic (exact) mass is 298 g/mol. The molecule has 1 aliphatic rings. The summed E-state index contributed by atoms with van der Waals surface area (Å²) in [4.78, 5) is 18.3. The van der Waals surface area contributed by atoms with Crippen molar-refractivity contribution in [2.75, 3.05) is 18.5 Å². The Morgan fingerprint density at radius 2 is 1.90 bits per heavy atom. The van der Waals surface area contributed by atoms with E-state index < -0.39 is 0 Å². The molecule has 0 unspecified atom stereocenters. The van der Waals surface area contributed by atoms with Gasteiger partial charge in [-0.3, -0.25) is 9.79 Å². The molecule has 1 aliphatic heterocycles. The molecule has 0 radical (unpaired) electrons. The number of fused-ring (bicyclic) bond motifs is 1. The van der Waals surface area contributed by atoms with E-state index in [1.54, 1.807) is 11.9 Å². The van der Waals surface area contributed by atoms with Crippen LogP contribution in [0.5, 0.6) is 0 Å². The van der Waals surface area contributed by atoms with Crippen LogP contribution in [0.4, 0.5) is 5.69 Å². The molecule has 0 aliphatic carbocycles. The van der Waals surface area contributed by atoms with Gasteiger partial charge in [-0.1, -0.05) is 41.4 Å². The number of halogens is 1. The number of rotatable bonds is 1. The van der Waals surface area contributed by atoms with Crippen LogP contribution in [0.2, 0.25) is 5.02 Å². The van der Waals surface area contributed by atoms with Gasteiger partial charge in [0.25, 0.3) is 0 Å². The summed E-state index contributed by atoms with van der Waals surface area (Å²) < 4.78 is 0. The molecular formula is C17H15ClN2O. The van der Waals surface area contributed by atoms with E-state index in [0.717, 1.165) is 28.1 Å². The molecule has 3 nitrogen and oxygen atoms in total. The van der Waals surface area contributed by atoms with E-state index in [0.29, 0.717) is 5.02 Å². The number of amides is 1. The lowest BCUT2D eigenvalue weighted by molar-refractivity contribution is -0.116. The van der Waals surface area contributed by atoms with Gasteiger partial charge in [-0.05, 0) is 25.1 Å². The van der Waals surface area contributed by atoms with Crippen molar-refractivity contribution in [3.8, 4) is 0 Å². The Labute approximate surface area is 128 Å². The molecule has 0 fully saturated rings. The second kappa shape index (κ2) is 5.34. The summed E-state index contributed by atoms with van der Waals surface area (Å²) in [5, 5.41) is 0.640. The summed E-state index contributed by atoms with van der Waals surface area (Å²) in [5.41, 5.74) is 4.56. The number of benzodiazepines with no additional fused rings is 1. The van der Waals surface area contributed by atoms with Crippen LogP contribution >= 0.6 is 11.6 Å². The lowest BCUT2D eigenvalue weighted by atomic mass is 9.98. The number of carbonyl (C=O) groups excluding carboxylic acids is 1. The van der Waals surface area contributed by atoms with E-state index in [2.05, 4.69) is 4.99 Å². The number of aliphatic imine (C=N–C) groups is 1. The van der Waals surface area contributed by atoms with Crippen molar-refractivity contribution in [2.45, 2.75) is 6.92 Å². The Bertz CT molecular complexity index is 752. The normalized spacial score (nSPS) is 14.5. The van der Waals surface area contributed by atoms with Crippen LogP contribution in [0, 0.1) is 6.92 Å². The summed E-state index contributed by atoms with van der Waals surface area (Å²) in [7, 11) is 1.78. The fraction of sp³-hybridized carbons (Fsp3) is 0.176. The predicted octanol–water partition coefficient (Wildman–Crippen LogP) is 3.46. The molecule has 4 heteroatoms. The number of hydrogen-bond donors (Lipinski definition) is 0. The minimum absolute atomic E-state index is 0.0258. The zero-order valence-corrected chi connectivity index (χ0v) is 12.7. The maximum atomic E-state index is 12.1. The highest BCUT2D eigenvalue weighted by atomic mass is 35.5. The summed E-state index contributed by atoms with van der Waals surface area (Å²) in [6.07, 6.45) is 0. The van der Waals surface area contributed by atoms with Gasteiger partial charge >= 0.3 is 0 Å². The molecule has 2 aromatic carbocycles. The third-order valence-corrected chi connectivity index (χ3v) is 3.97. The van der Waals surface area contributed by atoms with Gasteiger partial charge in [-0.25, -0.2) is 0 Å². The highest BCUT2D eigenvalue weighted by molar-refractivity contribution is 6.36. The molecule has 2 aromatic rings. The average molecular weight is 299 g/mol. The number of anilines is 1. The van der Waals surface area contributed by atoms with Crippen molar-refractivity contribution in [3.05, 3.63) is 64.2 Å². The maximum absolute atomic E-state index is 12.1. The Hall–Kier alpha value is -2.13. The number of carbonyl (C=O) groups is 1. The van der Waals surface area contributed by atoms with Gasteiger partial charge in [0.05, 0.1) is 11.4 Å². The second-order valence-electron chi connectivity index (χ2n) is 5.12. The molecule has 0 spiro atoms. The van der Waals surface area contributed by atoms with E-state index in [1.807, 2.05) is 49.4 Å². The zero-order valence-electron chi connectivity index (χ0n) is 11.9.